The van der Waals surface area contributed by atoms with E-state index in [9.17, 15) is 23.1 Å². The maximum atomic E-state index is 12.8. The Labute approximate surface area is 220 Å². The van der Waals surface area contributed by atoms with Gasteiger partial charge in [-0.25, -0.2) is 9.78 Å². The fraction of sp³-hybridized carbons (Fsp3) is 0.577. The number of alkyl halides is 3. The molecule has 2 aliphatic rings. The highest BCUT2D eigenvalue weighted by molar-refractivity contribution is 5.90. The summed E-state index contributed by atoms with van der Waals surface area (Å²) in [6.07, 6.45) is -4.78. The van der Waals surface area contributed by atoms with E-state index in [1.807, 2.05) is 25.1 Å². The molecule has 0 spiro atoms. The highest BCUT2D eigenvalue weighted by Gasteiger charge is 2.36. The van der Waals surface area contributed by atoms with Crippen molar-refractivity contribution in [3.8, 4) is 11.3 Å². The van der Waals surface area contributed by atoms with E-state index in [-0.39, 0.29) is 19.6 Å². The van der Waals surface area contributed by atoms with Crippen molar-refractivity contribution >= 4 is 23.5 Å². The number of anilines is 3. The first-order valence-corrected chi connectivity index (χ1v) is 12.8. The first-order valence-electron chi connectivity index (χ1n) is 12.8. The molecule has 0 saturated carbocycles. The van der Waals surface area contributed by atoms with Gasteiger partial charge < -0.3 is 30.3 Å². The van der Waals surface area contributed by atoms with E-state index < -0.39 is 30.1 Å². The number of aryl methyl sites for hydroxylation is 1. The highest BCUT2D eigenvalue weighted by atomic mass is 19.4. The van der Waals surface area contributed by atoms with Crippen molar-refractivity contribution < 1.29 is 27.8 Å². The predicted molar refractivity (Wildman–Crippen MR) is 139 cm³/mol. The number of urea groups is 1. The Kier molecular flexibility index (Phi) is 8.31. The zero-order chi connectivity index (χ0) is 27.5. The average Bonchev–Trinajstić information content (AvgIpc) is 3.31. The molecule has 1 atom stereocenters. The van der Waals surface area contributed by atoms with Gasteiger partial charge in [-0.15, -0.1) is 0 Å². The fourth-order valence-electron chi connectivity index (χ4n) is 4.59. The lowest BCUT2D eigenvalue weighted by molar-refractivity contribution is -0.143. The van der Waals surface area contributed by atoms with Crippen LogP contribution in [0.25, 0.3) is 11.3 Å². The van der Waals surface area contributed by atoms with Crippen molar-refractivity contribution in [3.05, 3.63) is 29.8 Å². The van der Waals surface area contributed by atoms with Crippen LogP contribution < -0.4 is 15.5 Å². The molecule has 1 aromatic carbocycles. The van der Waals surface area contributed by atoms with Gasteiger partial charge in [0.15, 0.2) is 0 Å². The molecule has 12 heteroatoms. The predicted octanol–water partition coefficient (Wildman–Crippen LogP) is 4.28. The van der Waals surface area contributed by atoms with Crippen LogP contribution in [-0.4, -0.2) is 83.7 Å². The summed E-state index contributed by atoms with van der Waals surface area (Å²) in [4.78, 5) is 25.7. The molecule has 9 nitrogen and oxygen atoms in total. The largest absolute Gasteiger partial charge is 0.389 e. The molecule has 0 unspecified atom stereocenters. The minimum Gasteiger partial charge on any atom is -0.389 e. The number of aliphatic hydroxyl groups is 1. The first kappa shape index (κ1) is 27.9. The molecule has 2 aromatic rings. The SMILES string of the molecule is Cc1ccc(NC(=O)N2CC[C@@H](CC(F)(F)F)C2)cc1-c1cc(N2CCOCC2)nc(NCC(C)(C)O)n1. The maximum Gasteiger partial charge on any atom is 0.389 e. The van der Waals surface area contributed by atoms with Gasteiger partial charge in [0.05, 0.1) is 24.5 Å². The van der Waals surface area contributed by atoms with E-state index in [0.717, 1.165) is 16.9 Å². The summed E-state index contributed by atoms with van der Waals surface area (Å²) in [5, 5.41) is 16.1. The van der Waals surface area contributed by atoms with Gasteiger partial charge in [0.1, 0.15) is 5.82 Å². The van der Waals surface area contributed by atoms with Crippen molar-refractivity contribution in [3.63, 3.8) is 0 Å². The molecule has 0 radical (unpaired) electrons. The molecule has 0 aliphatic carbocycles. The van der Waals surface area contributed by atoms with Gasteiger partial charge in [0.2, 0.25) is 5.95 Å². The van der Waals surface area contributed by atoms with E-state index >= 15 is 0 Å². The van der Waals surface area contributed by atoms with E-state index in [2.05, 4.69) is 25.5 Å². The van der Waals surface area contributed by atoms with Crippen LogP contribution in [0.5, 0.6) is 0 Å². The third-order valence-corrected chi connectivity index (χ3v) is 6.58. The highest BCUT2D eigenvalue weighted by Crippen LogP contribution is 2.32. The van der Waals surface area contributed by atoms with Crippen molar-refractivity contribution in [2.24, 2.45) is 5.92 Å². The molecule has 1 aromatic heterocycles. The van der Waals surface area contributed by atoms with Crippen LogP contribution in [0.15, 0.2) is 24.3 Å². The molecular weight excluding hydrogens is 501 g/mol. The number of nitrogens with one attached hydrogen (secondary N) is 2. The second kappa shape index (κ2) is 11.3. The smallest absolute Gasteiger partial charge is 0.389 e. The molecular formula is C26H35F3N6O3. The number of nitrogens with zero attached hydrogens (tertiary/aromatic N) is 4. The number of likely N-dealkylation sites (tertiary alicyclic amines) is 1. The Bertz CT molecular complexity index is 1130. The second-order valence-electron chi connectivity index (χ2n) is 10.6. The number of ether oxygens (including phenoxy) is 1. The van der Waals surface area contributed by atoms with E-state index in [0.29, 0.717) is 50.1 Å². The molecule has 0 bridgehead atoms. The summed E-state index contributed by atoms with van der Waals surface area (Å²) < 4.78 is 43.7. The molecule has 3 heterocycles. The topological polar surface area (TPSA) is 103 Å². The van der Waals surface area contributed by atoms with Crippen molar-refractivity contribution in [2.45, 2.75) is 45.4 Å². The van der Waals surface area contributed by atoms with Crippen molar-refractivity contribution in [2.75, 3.05) is 61.5 Å². The van der Waals surface area contributed by atoms with Crippen molar-refractivity contribution in [1.82, 2.24) is 14.9 Å². The van der Waals surface area contributed by atoms with Gasteiger partial charge in [-0.05, 0) is 50.8 Å². The lowest BCUT2D eigenvalue weighted by Crippen LogP contribution is -2.37. The van der Waals surface area contributed by atoms with Crippen LogP contribution in [0, 0.1) is 12.8 Å². The molecule has 2 saturated heterocycles. The average molecular weight is 537 g/mol. The quantitative estimate of drug-likeness (QED) is 0.486. The maximum absolute atomic E-state index is 12.8. The number of benzene rings is 1. The van der Waals surface area contributed by atoms with Crippen LogP contribution in [0.2, 0.25) is 0 Å². The number of carbonyl (C=O) groups excluding carboxylic acids is 1. The lowest BCUT2D eigenvalue weighted by atomic mass is 10.0. The molecule has 38 heavy (non-hydrogen) atoms. The summed E-state index contributed by atoms with van der Waals surface area (Å²) >= 11 is 0. The Morgan fingerprint density at radius 2 is 1.89 bits per heavy atom. The first-order chi connectivity index (χ1) is 17.9. The molecule has 2 aliphatic heterocycles. The number of morpholine rings is 1. The number of aromatic nitrogens is 2. The number of amides is 2. The lowest BCUT2D eigenvalue weighted by Gasteiger charge is -2.28. The molecule has 208 valence electrons. The fourth-order valence-corrected chi connectivity index (χ4v) is 4.59. The van der Waals surface area contributed by atoms with E-state index in [1.165, 1.54) is 4.90 Å². The van der Waals surface area contributed by atoms with Gasteiger partial charge in [-0.2, -0.15) is 18.2 Å². The second-order valence-corrected chi connectivity index (χ2v) is 10.6. The summed E-state index contributed by atoms with van der Waals surface area (Å²) in [5.74, 6) is 0.509. The Morgan fingerprint density at radius 1 is 1.16 bits per heavy atom. The Balaban J connectivity index is 1.55. The third-order valence-electron chi connectivity index (χ3n) is 6.58. The summed E-state index contributed by atoms with van der Waals surface area (Å²) in [7, 11) is 0. The number of carbonyl (C=O) groups is 1. The summed E-state index contributed by atoms with van der Waals surface area (Å²) in [6.45, 7) is 8.47. The third kappa shape index (κ3) is 7.70. The zero-order valence-electron chi connectivity index (χ0n) is 21.9. The Morgan fingerprint density at radius 3 is 2.58 bits per heavy atom. The summed E-state index contributed by atoms with van der Waals surface area (Å²) in [6, 6.07) is 6.89. The monoisotopic (exact) mass is 536 g/mol. The van der Waals surface area contributed by atoms with Gasteiger partial charge in [-0.3, -0.25) is 0 Å². The molecule has 2 fully saturated rings. The molecule has 3 N–H and O–H groups in total. The van der Waals surface area contributed by atoms with Crippen molar-refractivity contribution in [1.29, 1.82) is 0 Å². The van der Waals surface area contributed by atoms with Crippen LogP contribution >= 0.6 is 0 Å². The zero-order valence-corrected chi connectivity index (χ0v) is 21.9. The Hall–Kier alpha value is -3.12. The van der Waals surface area contributed by atoms with E-state index in [4.69, 9.17) is 4.74 Å². The van der Waals surface area contributed by atoms with Gasteiger partial charge in [-0.1, -0.05) is 6.07 Å². The standard InChI is InChI=1S/C26H35F3N6O3/c1-17-4-5-19(31-24(36)35-7-6-18(15-35)14-26(27,28)29)12-20(17)21-13-22(34-8-10-38-11-9-34)33-23(32-21)30-16-25(2,3)37/h4-5,12-13,18,37H,6-11,14-16H2,1-3H3,(H,31,36)(H,30,32,33)/t18-/m0/s1. The molecule has 4 rings (SSSR count). The number of hydrogen-bond acceptors (Lipinski definition) is 7. The number of hydrogen-bond donors (Lipinski definition) is 3. The summed E-state index contributed by atoms with van der Waals surface area (Å²) in [5.41, 5.74) is 1.90. The van der Waals surface area contributed by atoms with Crippen LogP contribution in [0.4, 0.5) is 35.4 Å². The number of halogens is 3. The normalized spacial score (nSPS) is 18.6. The molecule has 2 amide bonds. The van der Waals surface area contributed by atoms with Gasteiger partial charge in [0, 0.05) is 56.5 Å². The van der Waals surface area contributed by atoms with Gasteiger partial charge >= 0.3 is 12.2 Å². The van der Waals surface area contributed by atoms with Gasteiger partial charge in [0.25, 0.3) is 0 Å². The number of rotatable bonds is 7. The van der Waals surface area contributed by atoms with Crippen LogP contribution in [0.1, 0.15) is 32.3 Å². The minimum absolute atomic E-state index is 0.0785. The van der Waals surface area contributed by atoms with E-state index in [1.54, 1.807) is 19.9 Å². The van der Waals surface area contributed by atoms with Crippen LogP contribution in [0.3, 0.4) is 0 Å². The minimum atomic E-state index is -4.23. The van der Waals surface area contributed by atoms with Crippen LogP contribution in [-0.2, 0) is 4.74 Å².